The van der Waals surface area contributed by atoms with Crippen LogP contribution in [0.4, 0.5) is 13.2 Å². The third kappa shape index (κ3) is 5.28. The van der Waals surface area contributed by atoms with Crippen molar-refractivity contribution in [3.05, 3.63) is 65.2 Å². The van der Waals surface area contributed by atoms with Crippen molar-refractivity contribution in [3.8, 4) is 5.75 Å². The van der Waals surface area contributed by atoms with Crippen LogP contribution < -0.4 is 15.4 Å². The quantitative estimate of drug-likeness (QED) is 0.693. The highest BCUT2D eigenvalue weighted by Crippen LogP contribution is 2.47. The predicted molar refractivity (Wildman–Crippen MR) is 101 cm³/mol. The summed E-state index contributed by atoms with van der Waals surface area (Å²) in [5.41, 5.74) is 0.486. The standard InChI is InChI=1S/C21H21F3N2O3/c1-29-16-4-2-3-14(11-16)19(27)25-9-10-26-20(28)18-12-17(18)13-5-7-15(8-6-13)21(22,23)24/h2-8,11,17-18H,9-10,12H2,1H3,(H,25,27)(H,26,28). The lowest BCUT2D eigenvalue weighted by Crippen LogP contribution is -2.35. The average Bonchev–Trinajstić information content (AvgIpc) is 3.51. The van der Waals surface area contributed by atoms with E-state index in [1.807, 2.05) is 0 Å². The number of benzene rings is 2. The minimum atomic E-state index is -4.37. The third-order valence-corrected chi connectivity index (χ3v) is 4.84. The molecule has 0 aromatic heterocycles. The summed E-state index contributed by atoms with van der Waals surface area (Å²) >= 11 is 0. The number of rotatable bonds is 7. The fourth-order valence-corrected chi connectivity index (χ4v) is 3.13. The molecule has 1 aliphatic carbocycles. The summed E-state index contributed by atoms with van der Waals surface area (Å²) in [4.78, 5) is 24.3. The first-order valence-electron chi connectivity index (χ1n) is 9.16. The number of alkyl halides is 3. The second-order valence-electron chi connectivity index (χ2n) is 6.85. The fraction of sp³-hybridized carbons (Fsp3) is 0.333. The zero-order valence-corrected chi connectivity index (χ0v) is 15.8. The van der Waals surface area contributed by atoms with Crippen molar-refractivity contribution in [2.45, 2.75) is 18.5 Å². The Morgan fingerprint density at radius 2 is 1.76 bits per heavy atom. The molecule has 154 valence electrons. The summed E-state index contributed by atoms with van der Waals surface area (Å²) < 4.78 is 42.9. The van der Waals surface area contributed by atoms with Gasteiger partial charge in [-0.2, -0.15) is 13.2 Å². The molecule has 2 aromatic rings. The Hall–Kier alpha value is -3.03. The van der Waals surface area contributed by atoms with E-state index in [1.165, 1.54) is 19.2 Å². The Morgan fingerprint density at radius 3 is 2.41 bits per heavy atom. The summed E-state index contributed by atoms with van der Waals surface area (Å²) in [5, 5.41) is 5.46. The van der Waals surface area contributed by atoms with Crippen LogP contribution >= 0.6 is 0 Å². The van der Waals surface area contributed by atoms with Crippen LogP contribution in [-0.4, -0.2) is 32.0 Å². The Balaban J connectivity index is 1.41. The normalized spacial score (nSPS) is 18.1. The van der Waals surface area contributed by atoms with Gasteiger partial charge in [0.15, 0.2) is 0 Å². The molecule has 2 N–H and O–H groups in total. The molecule has 0 saturated heterocycles. The predicted octanol–water partition coefficient (Wildman–Crippen LogP) is 3.36. The Morgan fingerprint density at radius 1 is 1.07 bits per heavy atom. The maximum atomic E-state index is 12.6. The summed E-state index contributed by atoms with van der Waals surface area (Å²) in [6.07, 6.45) is -3.76. The highest BCUT2D eigenvalue weighted by atomic mass is 19.4. The molecule has 8 heteroatoms. The van der Waals surface area contributed by atoms with E-state index >= 15 is 0 Å². The van der Waals surface area contributed by atoms with Crippen molar-refractivity contribution in [1.82, 2.24) is 10.6 Å². The molecule has 3 rings (SSSR count). The first-order chi connectivity index (χ1) is 13.8. The minimum Gasteiger partial charge on any atom is -0.497 e. The number of nitrogens with one attached hydrogen (secondary N) is 2. The number of methoxy groups -OCH3 is 1. The molecule has 2 amide bonds. The van der Waals surface area contributed by atoms with Gasteiger partial charge >= 0.3 is 6.18 Å². The van der Waals surface area contributed by atoms with Gasteiger partial charge in [-0.3, -0.25) is 9.59 Å². The van der Waals surface area contributed by atoms with Gasteiger partial charge in [0.2, 0.25) is 5.91 Å². The number of hydrogen-bond acceptors (Lipinski definition) is 3. The first-order valence-corrected chi connectivity index (χ1v) is 9.16. The molecule has 29 heavy (non-hydrogen) atoms. The number of hydrogen-bond donors (Lipinski definition) is 2. The largest absolute Gasteiger partial charge is 0.497 e. The van der Waals surface area contributed by atoms with E-state index in [2.05, 4.69) is 10.6 Å². The monoisotopic (exact) mass is 406 g/mol. The van der Waals surface area contributed by atoms with Gasteiger partial charge in [0, 0.05) is 24.6 Å². The summed E-state index contributed by atoms with van der Waals surface area (Å²) in [7, 11) is 1.52. The molecule has 0 heterocycles. The maximum Gasteiger partial charge on any atom is 0.416 e. The van der Waals surface area contributed by atoms with Gasteiger partial charge in [0.05, 0.1) is 12.7 Å². The summed E-state index contributed by atoms with van der Waals surface area (Å²) in [5.74, 6) is -0.170. The summed E-state index contributed by atoms with van der Waals surface area (Å²) in [6.45, 7) is 0.532. The lowest BCUT2D eigenvalue weighted by Gasteiger charge is -2.09. The van der Waals surface area contributed by atoms with Gasteiger partial charge in [-0.05, 0) is 48.2 Å². The Bertz CT molecular complexity index is 881. The van der Waals surface area contributed by atoms with Crippen LogP contribution in [0.2, 0.25) is 0 Å². The van der Waals surface area contributed by atoms with Crippen molar-refractivity contribution in [1.29, 1.82) is 0 Å². The zero-order chi connectivity index (χ0) is 21.0. The molecule has 0 aliphatic heterocycles. The average molecular weight is 406 g/mol. The molecule has 0 bridgehead atoms. The van der Waals surface area contributed by atoms with Gasteiger partial charge in [0.1, 0.15) is 5.75 Å². The van der Waals surface area contributed by atoms with Gasteiger partial charge < -0.3 is 15.4 Å². The highest BCUT2D eigenvalue weighted by Gasteiger charge is 2.44. The van der Waals surface area contributed by atoms with Crippen LogP contribution in [-0.2, 0) is 11.0 Å². The molecule has 2 atom stereocenters. The van der Waals surface area contributed by atoms with Gasteiger partial charge in [-0.1, -0.05) is 18.2 Å². The molecule has 2 unspecified atom stereocenters. The van der Waals surface area contributed by atoms with Crippen molar-refractivity contribution in [2.24, 2.45) is 5.92 Å². The van der Waals surface area contributed by atoms with E-state index in [1.54, 1.807) is 24.3 Å². The zero-order valence-electron chi connectivity index (χ0n) is 15.8. The maximum absolute atomic E-state index is 12.6. The van der Waals surface area contributed by atoms with Crippen LogP contribution in [0.1, 0.15) is 33.8 Å². The molecule has 0 spiro atoms. The highest BCUT2D eigenvalue weighted by molar-refractivity contribution is 5.94. The van der Waals surface area contributed by atoms with E-state index < -0.39 is 11.7 Å². The van der Waals surface area contributed by atoms with Crippen LogP contribution in [0.25, 0.3) is 0 Å². The number of ether oxygens (including phenoxy) is 1. The second-order valence-corrected chi connectivity index (χ2v) is 6.85. The molecule has 1 saturated carbocycles. The van der Waals surface area contributed by atoms with E-state index in [-0.39, 0.29) is 36.7 Å². The molecule has 2 aromatic carbocycles. The van der Waals surface area contributed by atoms with Crippen LogP contribution in [0, 0.1) is 5.92 Å². The molecule has 1 aliphatic rings. The molecule has 1 fully saturated rings. The second kappa shape index (κ2) is 8.55. The van der Waals surface area contributed by atoms with Gasteiger partial charge in [-0.25, -0.2) is 0 Å². The van der Waals surface area contributed by atoms with E-state index in [9.17, 15) is 22.8 Å². The van der Waals surface area contributed by atoms with Crippen LogP contribution in [0.3, 0.4) is 0 Å². The molecule has 5 nitrogen and oxygen atoms in total. The molecule has 0 radical (unpaired) electrons. The third-order valence-electron chi connectivity index (χ3n) is 4.84. The number of carbonyl (C=O) groups is 2. The number of amides is 2. The Kier molecular flexibility index (Phi) is 6.10. The fourth-order valence-electron chi connectivity index (χ4n) is 3.13. The van der Waals surface area contributed by atoms with Gasteiger partial charge in [0.25, 0.3) is 5.91 Å². The van der Waals surface area contributed by atoms with Crippen molar-refractivity contribution >= 4 is 11.8 Å². The minimum absolute atomic E-state index is 0.0661. The SMILES string of the molecule is COc1cccc(C(=O)NCCNC(=O)C2CC2c2ccc(C(F)(F)F)cc2)c1. The lowest BCUT2D eigenvalue weighted by atomic mass is 10.1. The smallest absolute Gasteiger partial charge is 0.416 e. The lowest BCUT2D eigenvalue weighted by molar-refractivity contribution is -0.137. The van der Waals surface area contributed by atoms with Crippen LogP contribution in [0.15, 0.2) is 48.5 Å². The number of carbonyl (C=O) groups excluding carboxylic acids is 2. The number of halogens is 3. The topological polar surface area (TPSA) is 67.4 Å². The van der Waals surface area contributed by atoms with Gasteiger partial charge in [-0.15, -0.1) is 0 Å². The van der Waals surface area contributed by atoms with Crippen LogP contribution in [0.5, 0.6) is 5.75 Å². The molecular formula is C21H21F3N2O3. The van der Waals surface area contributed by atoms with Crippen molar-refractivity contribution in [2.75, 3.05) is 20.2 Å². The van der Waals surface area contributed by atoms with E-state index in [4.69, 9.17) is 4.74 Å². The van der Waals surface area contributed by atoms with E-state index in [0.29, 0.717) is 17.7 Å². The van der Waals surface area contributed by atoms with Crippen molar-refractivity contribution < 1.29 is 27.5 Å². The van der Waals surface area contributed by atoms with Crippen molar-refractivity contribution in [3.63, 3.8) is 0 Å². The summed E-state index contributed by atoms with van der Waals surface area (Å²) in [6, 6.07) is 11.7. The van der Waals surface area contributed by atoms with E-state index in [0.717, 1.165) is 17.7 Å². The molecular weight excluding hydrogens is 385 g/mol. The first kappa shape index (κ1) is 20.7. The Labute approximate surface area is 166 Å².